The average molecular weight is 286 g/mol. The van der Waals surface area contributed by atoms with Gasteiger partial charge < -0.3 is 14.8 Å². The first-order chi connectivity index (χ1) is 8.73. The highest BCUT2D eigenvalue weighted by atomic mass is 35.5. The van der Waals surface area contributed by atoms with Crippen LogP contribution in [0.4, 0.5) is 0 Å². The second kappa shape index (κ2) is 6.49. The molecule has 0 amide bonds. The summed E-state index contributed by atoms with van der Waals surface area (Å²) < 4.78 is 11.1. The van der Waals surface area contributed by atoms with Gasteiger partial charge in [0.1, 0.15) is 0 Å². The van der Waals surface area contributed by atoms with Crippen molar-refractivity contribution in [2.75, 3.05) is 7.11 Å². The molecule has 0 unspecified atom stereocenters. The highest BCUT2D eigenvalue weighted by molar-refractivity contribution is 6.32. The number of ether oxygens (including phenoxy) is 2. The smallest absolute Gasteiger partial charge is 0.180 e. The fraction of sp³-hybridized carbons (Fsp3) is 0.600. The van der Waals surface area contributed by atoms with E-state index in [2.05, 4.69) is 26.1 Å². The van der Waals surface area contributed by atoms with E-state index in [1.807, 2.05) is 26.0 Å². The fourth-order valence-electron chi connectivity index (χ4n) is 1.59. The largest absolute Gasteiger partial charge is 0.493 e. The monoisotopic (exact) mass is 285 g/mol. The molecule has 0 radical (unpaired) electrons. The Kier molecular flexibility index (Phi) is 5.50. The van der Waals surface area contributed by atoms with Gasteiger partial charge in [0, 0.05) is 12.1 Å². The summed E-state index contributed by atoms with van der Waals surface area (Å²) in [7, 11) is 1.62. The van der Waals surface area contributed by atoms with Crippen molar-refractivity contribution in [3.63, 3.8) is 0 Å². The van der Waals surface area contributed by atoms with E-state index in [4.69, 9.17) is 21.1 Å². The van der Waals surface area contributed by atoms with Crippen LogP contribution in [0.25, 0.3) is 0 Å². The van der Waals surface area contributed by atoms with E-state index < -0.39 is 0 Å². The predicted molar refractivity (Wildman–Crippen MR) is 80.4 cm³/mol. The topological polar surface area (TPSA) is 30.5 Å². The molecule has 0 atom stereocenters. The van der Waals surface area contributed by atoms with Crippen LogP contribution in [0.2, 0.25) is 5.02 Å². The summed E-state index contributed by atoms with van der Waals surface area (Å²) in [6.07, 6.45) is 0.0601. The number of benzene rings is 1. The molecule has 0 saturated heterocycles. The van der Waals surface area contributed by atoms with Crippen molar-refractivity contribution in [3.05, 3.63) is 22.7 Å². The van der Waals surface area contributed by atoms with Crippen LogP contribution in [0.3, 0.4) is 0 Å². The van der Waals surface area contributed by atoms with Crippen molar-refractivity contribution >= 4 is 11.6 Å². The third-order valence-electron chi connectivity index (χ3n) is 2.47. The minimum atomic E-state index is 0.0601. The number of hydrogen-bond acceptors (Lipinski definition) is 3. The van der Waals surface area contributed by atoms with Gasteiger partial charge in [0.2, 0.25) is 0 Å². The third-order valence-corrected chi connectivity index (χ3v) is 2.75. The third kappa shape index (κ3) is 5.29. The van der Waals surface area contributed by atoms with Gasteiger partial charge >= 0.3 is 0 Å². The van der Waals surface area contributed by atoms with E-state index in [1.165, 1.54) is 0 Å². The predicted octanol–water partition coefficient (Wildman–Crippen LogP) is 4.02. The van der Waals surface area contributed by atoms with Gasteiger partial charge in [0.15, 0.2) is 11.5 Å². The molecule has 0 saturated carbocycles. The van der Waals surface area contributed by atoms with Crippen LogP contribution in [-0.4, -0.2) is 18.8 Å². The molecule has 1 N–H and O–H groups in total. The summed E-state index contributed by atoms with van der Waals surface area (Å²) in [6, 6.07) is 3.88. The lowest BCUT2D eigenvalue weighted by atomic mass is 10.1. The molecule has 0 aliphatic heterocycles. The summed E-state index contributed by atoms with van der Waals surface area (Å²) in [6.45, 7) is 11.0. The Hall–Kier alpha value is -0.930. The lowest BCUT2D eigenvalue weighted by Crippen LogP contribution is -2.35. The lowest BCUT2D eigenvalue weighted by Gasteiger charge is -2.21. The fourth-order valence-corrected chi connectivity index (χ4v) is 1.87. The van der Waals surface area contributed by atoms with Crippen molar-refractivity contribution in [2.24, 2.45) is 0 Å². The van der Waals surface area contributed by atoms with Gasteiger partial charge in [-0.2, -0.15) is 0 Å². The molecule has 108 valence electrons. The molecule has 0 fully saturated rings. The van der Waals surface area contributed by atoms with Gasteiger partial charge in [0.05, 0.1) is 18.2 Å². The zero-order valence-corrected chi connectivity index (χ0v) is 13.4. The Balaban J connectivity index is 2.95. The number of methoxy groups -OCH3 is 1. The van der Waals surface area contributed by atoms with Crippen molar-refractivity contribution in [2.45, 2.75) is 52.8 Å². The Bertz CT molecular complexity index is 425. The first-order valence-electron chi connectivity index (χ1n) is 6.51. The molecule has 1 aromatic rings. The zero-order chi connectivity index (χ0) is 14.6. The number of nitrogens with one attached hydrogen (secondary N) is 1. The maximum Gasteiger partial charge on any atom is 0.180 e. The van der Waals surface area contributed by atoms with Crippen LogP contribution in [0.15, 0.2) is 12.1 Å². The molecule has 19 heavy (non-hydrogen) atoms. The van der Waals surface area contributed by atoms with E-state index in [0.717, 1.165) is 12.1 Å². The van der Waals surface area contributed by atoms with Gasteiger partial charge in [-0.25, -0.2) is 0 Å². The van der Waals surface area contributed by atoms with Crippen molar-refractivity contribution in [1.29, 1.82) is 0 Å². The normalized spacial score (nSPS) is 11.8. The van der Waals surface area contributed by atoms with Crippen LogP contribution < -0.4 is 14.8 Å². The Morgan fingerprint density at radius 2 is 1.89 bits per heavy atom. The lowest BCUT2D eigenvalue weighted by molar-refractivity contribution is 0.230. The highest BCUT2D eigenvalue weighted by Gasteiger charge is 2.15. The van der Waals surface area contributed by atoms with Crippen LogP contribution in [0.5, 0.6) is 11.5 Å². The number of hydrogen-bond donors (Lipinski definition) is 1. The highest BCUT2D eigenvalue weighted by Crippen LogP contribution is 2.37. The molecule has 0 spiro atoms. The number of halogens is 1. The van der Waals surface area contributed by atoms with Gasteiger partial charge in [-0.3, -0.25) is 0 Å². The van der Waals surface area contributed by atoms with E-state index in [9.17, 15) is 0 Å². The van der Waals surface area contributed by atoms with Gasteiger partial charge in [-0.15, -0.1) is 0 Å². The van der Waals surface area contributed by atoms with Gasteiger partial charge in [0.25, 0.3) is 0 Å². The summed E-state index contributed by atoms with van der Waals surface area (Å²) in [5.41, 5.74) is 1.14. The summed E-state index contributed by atoms with van der Waals surface area (Å²) in [4.78, 5) is 0. The molecule has 4 heteroatoms. The Morgan fingerprint density at radius 1 is 1.26 bits per heavy atom. The summed E-state index contributed by atoms with van der Waals surface area (Å²) in [5, 5.41) is 4.00. The van der Waals surface area contributed by atoms with E-state index >= 15 is 0 Å². The Morgan fingerprint density at radius 3 is 2.37 bits per heavy atom. The molecule has 0 bridgehead atoms. The molecule has 0 aliphatic carbocycles. The minimum Gasteiger partial charge on any atom is -0.493 e. The molecule has 1 rings (SSSR count). The van der Waals surface area contributed by atoms with Crippen LogP contribution in [0, 0.1) is 0 Å². The second-order valence-corrected chi connectivity index (χ2v) is 6.29. The number of rotatable bonds is 5. The van der Waals surface area contributed by atoms with Gasteiger partial charge in [-0.05, 0) is 52.3 Å². The molecule has 0 heterocycles. The van der Waals surface area contributed by atoms with Crippen LogP contribution in [0.1, 0.15) is 40.2 Å². The minimum absolute atomic E-state index is 0.0601. The maximum atomic E-state index is 6.27. The molecule has 3 nitrogen and oxygen atoms in total. The van der Waals surface area contributed by atoms with Crippen LogP contribution >= 0.6 is 11.6 Å². The van der Waals surface area contributed by atoms with E-state index in [-0.39, 0.29) is 11.6 Å². The SMILES string of the molecule is COc1cc(CNC(C)(C)C)cc(Cl)c1OC(C)C. The first kappa shape index (κ1) is 16.1. The average Bonchev–Trinajstić information content (AvgIpc) is 2.28. The zero-order valence-electron chi connectivity index (χ0n) is 12.6. The quantitative estimate of drug-likeness (QED) is 0.886. The van der Waals surface area contributed by atoms with E-state index in [0.29, 0.717) is 16.5 Å². The first-order valence-corrected chi connectivity index (χ1v) is 6.89. The summed E-state index contributed by atoms with van der Waals surface area (Å²) >= 11 is 6.27. The maximum absolute atomic E-state index is 6.27. The van der Waals surface area contributed by atoms with Crippen molar-refractivity contribution < 1.29 is 9.47 Å². The standard InChI is InChI=1S/C15H24ClNO2/c1-10(2)19-14-12(16)7-11(8-13(14)18-6)9-17-15(3,4)5/h7-8,10,17H,9H2,1-6H3. The molecule has 0 aromatic heterocycles. The van der Waals surface area contributed by atoms with E-state index in [1.54, 1.807) is 7.11 Å². The Labute approximate surface area is 121 Å². The molecular weight excluding hydrogens is 262 g/mol. The molecular formula is C15H24ClNO2. The van der Waals surface area contributed by atoms with Gasteiger partial charge in [-0.1, -0.05) is 11.6 Å². The summed E-state index contributed by atoms with van der Waals surface area (Å²) in [5.74, 6) is 1.28. The second-order valence-electron chi connectivity index (χ2n) is 5.88. The van der Waals surface area contributed by atoms with Crippen molar-refractivity contribution in [1.82, 2.24) is 5.32 Å². The molecule has 0 aliphatic rings. The molecule has 1 aromatic carbocycles. The van der Waals surface area contributed by atoms with Crippen LogP contribution in [-0.2, 0) is 6.54 Å². The van der Waals surface area contributed by atoms with Crippen molar-refractivity contribution in [3.8, 4) is 11.5 Å².